The molecule has 0 spiro atoms. The molecule has 0 bridgehead atoms. The molecule has 15 heavy (non-hydrogen) atoms. The summed E-state index contributed by atoms with van der Waals surface area (Å²) in [5, 5.41) is 0. The molecule has 0 saturated carbocycles. The lowest BCUT2D eigenvalue weighted by atomic mass is 10.1. The summed E-state index contributed by atoms with van der Waals surface area (Å²) in [6.45, 7) is 7.03. The predicted octanol–water partition coefficient (Wildman–Crippen LogP) is -2.70. The van der Waals surface area contributed by atoms with Gasteiger partial charge in [0.05, 0.1) is 0 Å². The summed E-state index contributed by atoms with van der Waals surface area (Å²) in [7, 11) is -4.94. The first kappa shape index (κ1) is 14.8. The second-order valence-electron chi connectivity index (χ2n) is 3.33. The zero-order valence-electron chi connectivity index (χ0n) is 9.20. The molecule has 0 aromatic rings. The maximum Gasteiger partial charge on any atom is 0.151 e. The maximum absolute atomic E-state index is 8.49. The minimum atomic E-state index is -4.94. The quantitative estimate of drug-likeness (QED) is 0.490. The molecule has 1 rings (SSSR count). The highest BCUT2D eigenvalue weighted by molar-refractivity contribution is 5.79. The molecule has 90 valence electrons. The lowest BCUT2D eigenvalue weighted by Gasteiger charge is -2.17. The Morgan fingerprint density at radius 2 is 1.67 bits per heavy atom. The van der Waals surface area contributed by atoms with Crippen molar-refractivity contribution in [2.24, 2.45) is 0 Å². The van der Waals surface area contributed by atoms with Crippen LogP contribution in [0.4, 0.5) is 0 Å². The molecule has 1 heterocycles. The summed E-state index contributed by atoms with van der Waals surface area (Å²) in [5.74, 6) is 0. The summed E-state index contributed by atoms with van der Waals surface area (Å²) in [4.78, 5) is 0. The average molecular weight is 240 g/mol. The highest BCUT2D eigenvalue weighted by atomic mass is 35.7. The van der Waals surface area contributed by atoms with Crippen LogP contribution >= 0.6 is 0 Å². The molecule has 1 aliphatic rings. The summed E-state index contributed by atoms with van der Waals surface area (Å²) in [6.07, 6.45) is 5.43. The van der Waals surface area contributed by atoms with Crippen LogP contribution in [0, 0.1) is 10.2 Å². The van der Waals surface area contributed by atoms with Crippen molar-refractivity contribution >= 4 is 5.71 Å². The third kappa shape index (κ3) is 8.77. The molecule has 0 fully saturated rings. The molecule has 6 heteroatoms. The van der Waals surface area contributed by atoms with Gasteiger partial charge in [-0.05, 0) is 13.3 Å². The van der Waals surface area contributed by atoms with Gasteiger partial charge in [-0.15, -0.1) is 10.2 Å². The van der Waals surface area contributed by atoms with Crippen molar-refractivity contribution in [2.45, 2.75) is 39.5 Å². The molecule has 0 unspecified atom stereocenters. The Bertz CT molecular complexity index is 191. The van der Waals surface area contributed by atoms with Gasteiger partial charge < -0.3 is 0 Å². The van der Waals surface area contributed by atoms with Gasteiger partial charge in [0.15, 0.2) is 5.71 Å². The van der Waals surface area contributed by atoms with E-state index in [1.165, 1.54) is 38.8 Å². The molecule has 0 radical (unpaired) electrons. The van der Waals surface area contributed by atoms with Crippen LogP contribution in [0.15, 0.2) is 0 Å². The summed E-state index contributed by atoms with van der Waals surface area (Å²) >= 11 is 0. The van der Waals surface area contributed by atoms with Crippen LogP contribution in [0.5, 0.6) is 0 Å². The fourth-order valence-electron chi connectivity index (χ4n) is 1.73. The van der Waals surface area contributed by atoms with Crippen LogP contribution in [0.1, 0.15) is 39.5 Å². The van der Waals surface area contributed by atoms with Crippen molar-refractivity contribution in [1.82, 2.24) is 0 Å². The van der Waals surface area contributed by atoms with E-state index in [2.05, 4.69) is 18.4 Å². The zero-order valence-corrected chi connectivity index (χ0v) is 9.96. The van der Waals surface area contributed by atoms with Crippen LogP contribution < -0.4 is 18.6 Å². The molecule has 0 saturated heterocycles. The molecular formula is C9H18ClNO4. The van der Waals surface area contributed by atoms with Crippen molar-refractivity contribution in [3.63, 3.8) is 0 Å². The van der Waals surface area contributed by atoms with Gasteiger partial charge in [-0.3, -0.25) is 0 Å². The van der Waals surface area contributed by atoms with Crippen molar-refractivity contribution in [3.05, 3.63) is 0 Å². The van der Waals surface area contributed by atoms with E-state index in [1.54, 1.807) is 5.71 Å². The minimum Gasteiger partial charge on any atom is -0.237 e. The van der Waals surface area contributed by atoms with Crippen LogP contribution in [0.3, 0.4) is 0 Å². The first-order valence-electron chi connectivity index (χ1n) is 5.09. The van der Waals surface area contributed by atoms with Crippen LogP contribution in [0.2, 0.25) is 0 Å². The molecule has 0 aromatic heterocycles. The molecule has 0 atom stereocenters. The maximum atomic E-state index is 8.49. The fraction of sp³-hybridized carbons (Fsp3) is 0.889. The number of halogens is 1. The molecule has 0 aromatic carbocycles. The van der Waals surface area contributed by atoms with E-state index in [1.807, 2.05) is 0 Å². The van der Waals surface area contributed by atoms with E-state index in [0.29, 0.717) is 0 Å². The second-order valence-corrected chi connectivity index (χ2v) is 4.09. The van der Waals surface area contributed by atoms with Gasteiger partial charge in [0.1, 0.15) is 13.1 Å². The molecule has 1 aliphatic heterocycles. The summed E-state index contributed by atoms with van der Waals surface area (Å²) in [6, 6.07) is 0. The summed E-state index contributed by atoms with van der Waals surface area (Å²) in [5.41, 5.74) is 1.67. The molecule has 0 amide bonds. The first-order chi connectivity index (χ1) is 6.88. The molecular weight excluding hydrogens is 222 g/mol. The van der Waals surface area contributed by atoms with Crippen LogP contribution in [0.25, 0.3) is 0 Å². The van der Waals surface area contributed by atoms with Gasteiger partial charge in [-0.2, -0.15) is 0 Å². The molecule has 5 nitrogen and oxygen atoms in total. The van der Waals surface area contributed by atoms with Gasteiger partial charge in [0.2, 0.25) is 0 Å². The normalized spacial score (nSPS) is 17.2. The number of nitrogens with zero attached hydrogens (tertiary/aromatic N) is 1. The topological polar surface area (TPSA) is 95.2 Å². The van der Waals surface area contributed by atoms with Crippen molar-refractivity contribution in [1.29, 1.82) is 0 Å². The van der Waals surface area contributed by atoms with Crippen molar-refractivity contribution in [3.8, 4) is 0 Å². The Balaban J connectivity index is 0.000000336. The SMILES string of the molecule is CCC1=[N+](CC)CCCC1.[O-][Cl+3]([O-])([O-])[O-]. The number of hydrogen-bond donors (Lipinski definition) is 0. The first-order valence-corrected chi connectivity index (χ1v) is 6.33. The lowest BCUT2D eigenvalue weighted by molar-refractivity contribution is -2.00. The predicted molar refractivity (Wildman–Crippen MR) is 44.8 cm³/mol. The lowest BCUT2D eigenvalue weighted by Crippen LogP contribution is -2.68. The van der Waals surface area contributed by atoms with Gasteiger partial charge in [-0.1, -0.05) is 6.92 Å². The van der Waals surface area contributed by atoms with E-state index in [4.69, 9.17) is 18.6 Å². The zero-order chi connectivity index (χ0) is 11.9. The minimum absolute atomic E-state index is 1.21. The van der Waals surface area contributed by atoms with Gasteiger partial charge >= 0.3 is 0 Å². The second kappa shape index (κ2) is 7.14. The Kier molecular flexibility index (Phi) is 7.04. The van der Waals surface area contributed by atoms with E-state index in [-0.39, 0.29) is 0 Å². The smallest absolute Gasteiger partial charge is 0.151 e. The molecule has 0 N–H and O–H groups in total. The number of rotatable bonds is 2. The largest absolute Gasteiger partial charge is 0.237 e. The van der Waals surface area contributed by atoms with Gasteiger partial charge in [0, 0.05) is 19.3 Å². The monoisotopic (exact) mass is 239 g/mol. The third-order valence-electron chi connectivity index (χ3n) is 2.38. The average Bonchev–Trinajstić information content (AvgIpc) is 2.15. The Hall–Kier alpha value is -0.200. The van der Waals surface area contributed by atoms with Crippen LogP contribution in [-0.4, -0.2) is 23.4 Å². The van der Waals surface area contributed by atoms with Gasteiger partial charge in [-0.25, -0.2) is 23.2 Å². The van der Waals surface area contributed by atoms with E-state index in [9.17, 15) is 0 Å². The fourth-order valence-corrected chi connectivity index (χ4v) is 1.73. The third-order valence-corrected chi connectivity index (χ3v) is 2.38. The van der Waals surface area contributed by atoms with Crippen molar-refractivity contribution < 1.29 is 33.5 Å². The van der Waals surface area contributed by atoms with Crippen molar-refractivity contribution in [2.75, 3.05) is 13.1 Å². The molecule has 0 aliphatic carbocycles. The number of hydrogen-bond acceptors (Lipinski definition) is 4. The van der Waals surface area contributed by atoms with E-state index >= 15 is 0 Å². The Labute approximate surface area is 92.4 Å². The van der Waals surface area contributed by atoms with E-state index < -0.39 is 10.2 Å². The standard InChI is InChI=1S/C9H18N.ClHO4/c1-3-9-7-5-6-8-10(9)4-2;2-1(3,4)5/h3-8H2,1-2H3;(H,2,3,4,5)/q+1;/p-1. The highest BCUT2D eigenvalue weighted by Crippen LogP contribution is 2.07. The Morgan fingerprint density at radius 1 is 1.13 bits per heavy atom. The van der Waals surface area contributed by atoms with Crippen LogP contribution in [-0.2, 0) is 0 Å². The summed E-state index contributed by atoms with van der Waals surface area (Å²) < 4.78 is 36.5. The van der Waals surface area contributed by atoms with Gasteiger partial charge in [0.25, 0.3) is 0 Å². The highest BCUT2D eigenvalue weighted by Gasteiger charge is 2.15. The Morgan fingerprint density at radius 3 is 2.00 bits per heavy atom. The van der Waals surface area contributed by atoms with E-state index in [0.717, 1.165) is 0 Å².